The fraction of sp³-hybridized carbons (Fsp3) is 0.391. The molecule has 7 heteroatoms. The molecule has 1 aromatic carbocycles. The Labute approximate surface area is 180 Å². The summed E-state index contributed by atoms with van der Waals surface area (Å²) in [6, 6.07) is 5.47. The third-order valence-electron chi connectivity index (χ3n) is 4.80. The van der Waals surface area contributed by atoms with Crippen molar-refractivity contribution < 1.29 is 23.8 Å². The molecule has 3 rings (SSSR count). The van der Waals surface area contributed by atoms with Crippen LogP contribution in [0.25, 0.3) is 6.08 Å². The predicted molar refractivity (Wildman–Crippen MR) is 119 cm³/mol. The first-order valence-corrected chi connectivity index (χ1v) is 11.0. The van der Waals surface area contributed by atoms with Gasteiger partial charge in [0, 0.05) is 11.0 Å². The van der Waals surface area contributed by atoms with E-state index in [0.717, 1.165) is 36.8 Å². The summed E-state index contributed by atoms with van der Waals surface area (Å²) in [6.07, 6.45) is 7.07. The van der Waals surface area contributed by atoms with Crippen LogP contribution in [0.3, 0.4) is 0 Å². The van der Waals surface area contributed by atoms with E-state index in [4.69, 9.17) is 14.2 Å². The zero-order chi connectivity index (χ0) is 21.5. The molecule has 1 amide bonds. The van der Waals surface area contributed by atoms with Crippen LogP contribution in [-0.2, 0) is 22.4 Å². The summed E-state index contributed by atoms with van der Waals surface area (Å²) in [5.74, 6) is 0.596. The lowest BCUT2D eigenvalue weighted by atomic mass is 9.95. The topological polar surface area (TPSA) is 73.9 Å². The largest absolute Gasteiger partial charge is 0.493 e. The van der Waals surface area contributed by atoms with Gasteiger partial charge in [-0.15, -0.1) is 11.3 Å². The van der Waals surface area contributed by atoms with Crippen molar-refractivity contribution in [2.75, 3.05) is 25.6 Å². The van der Waals surface area contributed by atoms with Crippen molar-refractivity contribution in [1.29, 1.82) is 0 Å². The average Bonchev–Trinajstić information content (AvgIpc) is 3.11. The summed E-state index contributed by atoms with van der Waals surface area (Å²) in [7, 11) is 1.58. The number of carbonyl (C=O) groups is 2. The number of fused-ring (bicyclic) bond motifs is 1. The molecule has 0 fully saturated rings. The third kappa shape index (κ3) is 5.02. The number of ether oxygens (including phenoxy) is 3. The first-order valence-electron chi connectivity index (χ1n) is 10.2. The first-order chi connectivity index (χ1) is 14.6. The van der Waals surface area contributed by atoms with E-state index in [-0.39, 0.29) is 11.9 Å². The number of nitrogens with one attached hydrogen (secondary N) is 1. The van der Waals surface area contributed by atoms with E-state index >= 15 is 0 Å². The molecule has 0 spiro atoms. The van der Waals surface area contributed by atoms with E-state index < -0.39 is 0 Å². The average molecular weight is 430 g/mol. The molecule has 1 aliphatic rings. The number of thiophene rings is 1. The van der Waals surface area contributed by atoms with Gasteiger partial charge in [-0.05, 0) is 68.9 Å². The van der Waals surface area contributed by atoms with E-state index in [9.17, 15) is 9.59 Å². The highest BCUT2D eigenvalue weighted by Crippen LogP contribution is 2.38. The lowest BCUT2D eigenvalue weighted by Crippen LogP contribution is -2.14. The van der Waals surface area contributed by atoms with Crippen LogP contribution in [0.2, 0.25) is 0 Å². The molecule has 30 heavy (non-hydrogen) atoms. The monoisotopic (exact) mass is 429 g/mol. The quantitative estimate of drug-likeness (QED) is 0.479. The summed E-state index contributed by atoms with van der Waals surface area (Å²) in [6.45, 7) is 4.53. The Kier molecular flexibility index (Phi) is 7.52. The van der Waals surface area contributed by atoms with Gasteiger partial charge in [-0.25, -0.2) is 4.79 Å². The Hall–Kier alpha value is -2.80. The molecular formula is C23H27NO5S. The molecule has 0 radical (unpaired) electrons. The number of carbonyl (C=O) groups excluding carboxylic acids is 2. The molecule has 0 aliphatic heterocycles. The maximum Gasteiger partial charge on any atom is 0.341 e. The zero-order valence-corrected chi connectivity index (χ0v) is 18.4. The number of aryl methyl sites for hydroxylation is 1. The number of benzene rings is 1. The lowest BCUT2D eigenvalue weighted by Gasteiger charge is -2.12. The standard InChI is InChI=1S/C23H27NO5S/c1-4-28-17-12-10-15(14-18(17)27-3)11-13-20(25)24-22-21(23(26)29-5-2)16-8-6-7-9-19(16)30-22/h10-14H,4-9H2,1-3H3,(H,24,25)/b13-11+. The van der Waals surface area contributed by atoms with Gasteiger partial charge in [-0.1, -0.05) is 6.07 Å². The van der Waals surface area contributed by atoms with Gasteiger partial charge in [0.2, 0.25) is 5.91 Å². The van der Waals surface area contributed by atoms with Gasteiger partial charge in [0.15, 0.2) is 11.5 Å². The molecule has 0 atom stereocenters. The van der Waals surface area contributed by atoms with Crippen LogP contribution in [-0.4, -0.2) is 32.2 Å². The number of rotatable bonds is 8. The minimum Gasteiger partial charge on any atom is -0.493 e. The van der Waals surface area contributed by atoms with Crippen LogP contribution in [0.1, 0.15) is 53.1 Å². The van der Waals surface area contributed by atoms with Crippen molar-refractivity contribution in [3.8, 4) is 11.5 Å². The summed E-state index contributed by atoms with van der Waals surface area (Å²) in [5, 5.41) is 3.44. The minimum absolute atomic E-state index is 0.299. The van der Waals surface area contributed by atoms with Gasteiger partial charge in [0.05, 0.1) is 25.9 Å². The molecule has 1 aliphatic carbocycles. The number of hydrogen-bond acceptors (Lipinski definition) is 6. The van der Waals surface area contributed by atoms with Crippen molar-refractivity contribution in [2.45, 2.75) is 39.5 Å². The lowest BCUT2D eigenvalue weighted by molar-refractivity contribution is -0.111. The number of anilines is 1. The molecule has 2 aromatic rings. The summed E-state index contributed by atoms with van der Waals surface area (Å²) in [4.78, 5) is 26.2. The fourth-order valence-electron chi connectivity index (χ4n) is 3.46. The molecule has 1 N–H and O–H groups in total. The number of esters is 1. The van der Waals surface area contributed by atoms with Gasteiger partial charge in [0.25, 0.3) is 0 Å². The van der Waals surface area contributed by atoms with Crippen LogP contribution in [0, 0.1) is 0 Å². The van der Waals surface area contributed by atoms with Gasteiger partial charge < -0.3 is 19.5 Å². The first kappa shape index (κ1) is 21.9. The van der Waals surface area contributed by atoms with Gasteiger partial charge in [-0.2, -0.15) is 0 Å². The summed E-state index contributed by atoms with van der Waals surface area (Å²) in [5.41, 5.74) is 2.35. The van der Waals surface area contributed by atoms with Crippen molar-refractivity contribution in [3.63, 3.8) is 0 Å². The van der Waals surface area contributed by atoms with E-state index in [0.29, 0.717) is 35.3 Å². The van der Waals surface area contributed by atoms with Gasteiger partial charge in [0.1, 0.15) is 5.00 Å². The predicted octanol–water partition coefficient (Wildman–Crippen LogP) is 4.86. The molecule has 6 nitrogen and oxygen atoms in total. The fourth-order valence-corrected chi connectivity index (χ4v) is 4.74. The van der Waals surface area contributed by atoms with Crippen LogP contribution < -0.4 is 14.8 Å². The van der Waals surface area contributed by atoms with Crippen molar-refractivity contribution in [1.82, 2.24) is 0 Å². The number of methoxy groups -OCH3 is 1. The van der Waals surface area contributed by atoms with Crippen LogP contribution in [0.4, 0.5) is 5.00 Å². The molecule has 0 unspecified atom stereocenters. The SMILES string of the molecule is CCOC(=O)c1c(NC(=O)/C=C/c2ccc(OCC)c(OC)c2)sc2c1CCCC2. The highest BCUT2D eigenvalue weighted by Gasteiger charge is 2.26. The highest BCUT2D eigenvalue weighted by atomic mass is 32.1. The second-order valence-corrected chi connectivity index (χ2v) is 7.91. The second kappa shape index (κ2) is 10.3. The maximum absolute atomic E-state index is 12.6. The van der Waals surface area contributed by atoms with Crippen LogP contribution in [0.15, 0.2) is 24.3 Å². The van der Waals surface area contributed by atoms with Crippen LogP contribution in [0.5, 0.6) is 11.5 Å². The molecule has 0 bridgehead atoms. The maximum atomic E-state index is 12.6. The van der Waals surface area contributed by atoms with E-state index in [2.05, 4.69) is 5.32 Å². The van der Waals surface area contributed by atoms with E-state index in [1.165, 1.54) is 22.3 Å². The van der Waals surface area contributed by atoms with E-state index in [1.54, 1.807) is 20.1 Å². The highest BCUT2D eigenvalue weighted by molar-refractivity contribution is 7.17. The smallest absolute Gasteiger partial charge is 0.341 e. The molecule has 0 saturated heterocycles. The summed E-state index contributed by atoms with van der Waals surface area (Å²) < 4.78 is 16.1. The Morgan fingerprint density at radius 2 is 1.93 bits per heavy atom. The number of hydrogen-bond donors (Lipinski definition) is 1. The van der Waals surface area contributed by atoms with Crippen molar-refractivity contribution in [2.24, 2.45) is 0 Å². The molecule has 160 valence electrons. The molecule has 1 aromatic heterocycles. The molecule has 0 saturated carbocycles. The zero-order valence-electron chi connectivity index (χ0n) is 17.6. The second-order valence-electron chi connectivity index (χ2n) is 6.80. The van der Waals surface area contributed by atoms with Gasteiger partial charge >= 0.3 is 5.97 Å². The minimum atomic E-state index is -0.368. The summed E-state index contributed by atoms with van der Waals surface area (Å²) >= 11 is 1.48. The van der Waals surface area contributed by atoms with Crippen molar-refractivity contribution in [3.05, 3.63) is 45.8 Å². The molecule has 1 heterocycles. The molecular weight excluding hydrogens is 402 g/mol. The van der Waals surface area contributed by atoms with Crippen LogP contribution >= 0.6 is 11.3 Å². The normalized spacial score (nSPS) is 13.0. The Bertz CT molecular complexity index is 947. The van der Waals surface area contributed by atoms with E-state index in [1.807, 2.05) is 25.1 Å². The Morgan fingerprint density at radius 3 is 2.67 bits per heavy atom. The Morgan fingerprint density at radius 1 is 1.13 bits per heavy atom. The number of amides is 1. The third-order valence-corrected chi connectivity index (χ3v) is 6.01. The van der Waals surface area contributed by atoms with Gasteiger partial charge in [-0.3, -0.25) is 4.79 Å². The Balaban J connectivity index is 1.78. The van der Waals surface area contributed by atoms with Crippen molar-refractivity contribution >= 4 is 34.3 Å².